The third-order valence-electron chi connectivity index (χ3n) is 5.25. The third-order valence-corrected chi connectivity index (χ3v) is 5.25. The van der Waals surface area contributed by atoms with Gasteiger partial charge in [-0.2, -0.15) is 4.98 Å². The van der Waals surface area contributed by atoms with E-state index in [0.717, 1.165) is 54.6 Å². The first-order valence-electron chi connectivity index (χ1n) is 10.1. The van der Waals surface area contributed by atoms with E-state index < -0.39 is 0 Å². The summed E-state index contributed by atoms with van der Waals surface area (Å²) in [6, 6.07) is 18.7. The van der Waals surface area contributed by atoms with Crippen molar-refractivity contribution in [1.29, 1.82) is 0 Å². The first-order valence-corrected chi connectivity index (χ1v) is 10.1. The predicted molar refractivity (Wildman–Crippen MR) is 121 cm³/mol. The molecule has 1 aliphatic heterocycles. The average molecular weight is 389 g/mol. The monoisotopic (exact) mass is 388 g/mol. The summed E-state index contributed by atoms with van der Waals surface area (Å²) >= 11 is 0. The van der Waals surface area contributed by atoms with Gasteiger partial charge in [-0.25, -0.2) is 4.98 Å². The van der Waals surface area contributed by atoms with Crippen LogP contribution in [-0.2, 0) is 0 Å². The topological polar surface area (TPSA) is 56.3 Å². The number of nitrogens with zero attached hydrogens (tertiary/aromatic N) is 4. The zero-order chi connectivity index (χ0) is 20.2. The summed E-state index contributed by atoms with van der Waals surface area (Å²) in [6.45, 7) is 8.41. The quantitative estimate of drug-likeness (QED) is 0.678. The SMILES string of the molecule is Cc1cc(Nc2ccc(N3CCN(C)CC3)cc2)nc(Nc2ccccc2C)n1. The maximum Gasteiger partial charge on any atom is 0.229 e. The Morgan fingerprint density at radius 1 is 0.828 bits per heavy atom. The summed E-state index contributed by atoms with van der Waals surface area (Å²) in [5, 5.41) is 6.73. The molecular formula is C23H28N6. The van der Waals surface area contributed by atoms with Crippen LogP contribution < -0.4 is 15.5 Å². The van der Waals surface area contributed by atoms with Gasteiger partial charge in [0.25, 0.3) is 0 Å². The van der Waals surface area contributed by atoms with Crippen molar-refractivity contribution in [1.82, 2.24) is 14.9 Å². The van der Waals surface area contributed by atoms with Gasteiger partial charge in [0.05, 0.1) is 0 Å². The van der Waals surface area contributed by atoms with Crippen LogP contribution in [0, 0.1) is 13.8 Å². The summed E-state index contributed by atoms with van der Waals surface area (Å²) in [6.07, 6.45) is 0. The van der Waals surface area contributed by atoms with E-state index in [9.17, 15) is 0 Å². The van der Waals surface area contributed by atoms with Crippen LogP contribution in [0.3, 0.4) is 0 Å². The minimum Gasteiger partial charge on any atom is -0.369 e. The Labute approximate surface area is 172 Å². The number of aromatic nitrogens is 2. The van der Waals surface area contributed by atoms with Crippen LogP contribution in [0.2, 0.25) is 0 Å². The van der Waals surface area contributed by atoms with E-state index in [0.29, 0.717) is 5.95 Å². The van der Waals surface area contributed by atoms with E-state index >= 15 is 0 Å². The maximum absolute atomic E-state index is 4.64. The summed E-state index contributed by atoms with van der Waals surface area (Å²) < 4.78 is 0. The van der Waals surface area contributed by atoms with Gasteiger partial charge in [0.1, 0.15) is 5.82 Å². The standard InChI is InChI=1S/C23H28N6/c1-17-6-4-5-7-21(17)26-23-24-18(2)16-22(27-23)25-19-8-10-20(11-9-19)29-14-12-28(3)13-15-29/h4-11,16H,12-15H2,1-3H3,(H2,24,25,26,27). The van der Waals surface area contributed by atoms with Crippen molar-refractivity contribution in [3.05, 3.63) is 65.9 Å². The Bertz CT molecular complexity index is 961. The molecule has 29 heavy (non-hydrogen) atoms. The number of nitrogens with one attached hydrogen (secondary N) is 2. The van der Waals surface area contributed by atoms with E-state index in [1.54, 1.807) is 0 Å². The van der Waals surface area contributed by atoms with Crippen LogP contribution in [0.15, 0.2) is 54.6 Å². The number of hydrogen-bond donors (Lipinski definition) is 2. The minimum atomic E-state index is 0.593. The lowest BCUT2D eigenvalue weighted by Gasteiger charge is -2.34. The van der Waals surface area contributed by atoms with Gasteiger partial charge >= 0.3 is 0 Å². The van der Waals surface area contributed by atoms with Gasteiger partial charge in [0.15, 0.2) is 0 Å². The normalized spacial score (nSPS) is 14.7. The lowest BCUT2D eigenvalue weighted by atomic mass is 10.2. The molecule has 2 heterocycles. The molecule has 6 heteroatoms. The number of anilines is 5. The zero-order valence-corrected chi connectivity index (χ0v) is 17.3. The molecule has 0 aliphatic carbocycles. The van der Waals surface area contributed by atoms with Crippen molar-refractivity contribution in [3.8, 4) is 0 Å². The fourth-order valence-corrected chi connectivity index (χ4v) is 3.49. The zero-order valence-electron chi connectivity index (χ0n) is 17.3. The molecule has 3 aromatic rings. The highest BCUT2D eigenvalue weighted by atomic mass is 15.2. The molecule has 6 nitrogen and oxygen atoms in total. The largest absolute Gasteiger partial charge is 0.369 e. The molecule has 1 fully saturated rings. The molecule has 0 bridgehead atoms. The van der Waals surface area contributed by atoms with Gasteiger partial charge in [-0.15, -0.1) is 0 Å². The number of piperazine rings is 1. The van der Waals surface area contributed by atoms with Crippen molar-refractivity contribution in [2.24, 2.45) is 0 Å². The fraction of sp³-hybridized carbons (Fsp3) is 0.304. The lowest BCUT2D eigenvalue weighted by Crippen LogP contribution is -2.44. The second-order valence-electron chi connectivity index (χ2n) is 7.62. The Morgan fingerprint density at radius 2 is 1.55 bits per heavy atom. The van der Waals surface area contributed by atoms with Crippen LogP contribution >= 0.6 is 0 Å². The summed E-state index contributed by atoms with van der Waals surface area (Å²) in [4.78, 5) is 14.0. The molecule has 0 radical (unpaired) electrons. The van der Waals surface area contributed by atoms with Crippen molar-refractivity contribution < 1.29 is 0 Å². The fourth-order valence-electron chi connectivity index (χ4n) is 3.49. The highest BCUT2D eigenvalue weighted by Crippen LogP contribution is 2.23. The number of rotatable bonds is 5. The van der Waals surface area contributed by atoms with E-state index in [-0.39, 0.29) is 0 Å². The molecule has 1 aliphatic rings. The first-order chi connectivity index (χ1) is 14.1. The van der Waals surface area contributed by atoms with Crippen molar-refractivity contribution >= 4 is 28.8 Å². The summed E-state index contributed by atoms with van der Waals surface area (Å²) in [5.41, 5.74) is 5.37. The van der Waals surface area contributed by atoms with Crippen LogP contribution in [0.5, 0.6) is 0 Å². The Balaban J connectivity index is 1.46. The molecule has 0 unspecified atom stereocenters. The smallest absolute Gasteiger partial charge is 0.229 e. The highest BCUT2D eigenvalue weighted by molar-refractivity contribution is 5.63. The number of para-hydroxylation sites is 1. The first kappa shape index (κ1) is 19.2. The predicted octanol–water partition coefficient (Wildman–Crippen LogP) is 4.33. The van der Waals surface area contributed by atoms with Crippen molar-refractivity contribution in [2.75, 3.05) is 48.8 Å². The Kier molecular flexibility index (Phi) is 5.62. The highest BCUT2D eigenvalue weighted by Gasteiger charge is 2.14. The molecule has 2 aromatic carbocycles. The molecule has 1 aromatic heterocycles. The molecule has 2 N–H and O–H groups in total. The van der Waals surface area contributed by atoms with Gasteiger partial charge < -0.3 is 20.4 Å². The van der Waals surface area contributed by atoms with Crippen molar-refractivity contribution in [2.45, 2.75) is 13.8 Å². The van der Waals surface area contributed by atoms with Gasteiger partial charge in [-0.1, -0.05) is 18.2 Å². The second kappa shape index (κ2) is 8.49. The van der Waals surface area contributed by atoms with Gasteiger partial charge in [0, 0.05) is 55.0 Å². The number of aryl methyl sites for hydroxylation is 2. The lowest BCUT2D eigenvalue weighted by molar-refractivity contribution is 0.313. The van der Waals surface area contributed by atoms with Crippen LogP contribution in [0.4, 0.5) is 28.8 Å². The molecule has 0 atom stereocenters. The Morgan fingerprint density at radius 3 is 2.28 bits per heavy atom. The number of hydrogen-bond acceptors (Lipinski definition) is 6. The van der Waals surface area contributed by atoms with Crippen LogP contribution in [0.25, 0.3) is 0 Å². The minimum absolute atomic E-state index is 0.593. The van der Waals surface area contributed by atoms with E-state index in [4.69, 9.17) is 0 Å². The molecule has 150 valence electrons. The van der Waals surface area contributed by atoms with Crippen LogP contribution in [-0.4, -0.2) is 48.1 Å². The number of likely N-dealkylation sites (N-methyl/N-ethyl adjacent to an activating group) is 1. The van der Waals surface area contributed by atoms with Gasteiger partial charge in [-0.3, -0.25) is 0 Å². The molecule has 1 saturated heterocycles. The van der Waals surface area contributed by atoms with Crippen molar-refractivity contribution in [3.63, 3.8) is 0 Å². The second-order valence-corrected chi connectivity index (χ2v) is 7.62. The molecule has 0 amide bonds. The number of benzene rings is 2. The summed E-state index contributed by atoms with van der Waals surface area (Å²) in [5.74, 6) is 1.37. The van der Waals surface area contributed by atoms with Gasteiger partial charge in [-0.05, 0) is 56.8 Å². The third kappa shape index (κ3) is 4.84. The molecule has 0 spiro atoms. The van der Waals surface area contributed by atoms with E-state index in [2.05, 4.69) is 74.7 Å². The summed E-state index contributed by atoms with van der Waals surface area (Å²) in [7, 11) is 2.18. The van der Waals surface area contributed by atoms with Gasteiger partial charge in [0.2, 0.25) is 5.95 Å². The van der Waals surface area contributed by atoms with E-state index in [1.807, 2.05) is 31.2 Å². The van der Waals surface area contributed by atoms with Crippen LogP contribution in [0.1, 0.15) is 11.3 Å². The molecule has 0 saturated carbocycles. The average Bonchev–Trinajstić information content (AvgIpc) is 2.71. The molecular weight excluding hydrogens is 360 g/mol. The maximum atomic E-state index is 4.64. The Hall–Kier alpha value is -3.12. The molecule has 4 rings (SSSR count). The van der Waals surface area contributed by atoms with E-state index in [1.165, 1.54) is 5.69 Å².